The SMILES string of the molecule is NC(=S)c1ccc(NC2CCN(C3CC3)C2)nc1. The zero-order chi connectivity index (χ0) is 12.5. The van der Waals surface area contributed by atoms with Gasteiger partial charge in [0.1, 0.15) is 10.8 Å². The molecule has 1 saturated heterocycles. The maximum atomic E-state index is 5.55. The van der Waals surface area contributed by atoms with Crippen LogP contribution in [0.2, 0.25) is 0 Å². The van der Waals surface area contributed by atoms with Crippen molar-refractivity contribution in [2.24, 2.45) is 5.73 Å². The van der Waals surface area contributed by atoms with Crippen molar-refractivity contribution >= 4 is 23.0 Å². The number of aromatic nitrogens is 1. The standard InChI is InChI=1S/C13H18N4S/c14-13(18)9-1-4-12(15-7-9)16-10-5-6-17(8-10)11-2-3-11/h1,4,7,10-11H,2-3,5-6,8H2,(H2,14,18)(H,15,16). The molecule has 2 fully saturated rings. The largest absolute Gasteiger partial charge is 0.389 e. The van der Waals surface area contributed by atoms with Crippen LogP contribution in [-0.2, 0) is 0 Å². The van der Waals surface area contributed by atoms with Crippen LogP contribution in [0.15, 0.2) is 18.3 Å². The number of likely N-dealkylation sites (tertiary alicyclic amines) is 1. The van der Waals surface area contributed by atoms with E-state index < -0.39 is 0 Å². The predicted molar refractivity (Wildman–Crippen MR) is 76.7 cm³/mol. The molecule has 1 saturated carbocycles. The minimum Gasteiger partial charge on any atom is -0.389 e. The van der Waals surface area contributed by atoms with Crippen LogP contribution in [0.4, 0.5) is 5.82 Å². The molecular formula is C13H18N4S. The van der Waals surface area contributed by atoms with E-state index in [9.17, 15) is 0 Å². The van der Waals surface area contributed by atoms with Crippen LogP contribution in [0.5, 0.6) is 0 Å². The third-order valence-electron chi connectivity index (χ3n) is 3.68. The van der Waals surface area contributed by atoms with Gasteiger partial charge >= 0.3 is 0 Å². The normalized spacial score (nSPS) is 24.1. The highest BCUT2D eigenvalue weighted by Gasteiger charge is 2.34. The van der Waals surface area contributed by atoms with Crippen LogP contribution < -0.4 is 11.1 Å². The summed E-state index contributed by atoms with van der Waals surface area (Å²) in [6.45, 7) is 2.36. The van der Waals surface area contributed by atoms with Crippen molar-refractivity contribution in [3.63, 3.8) is 0 Å². The first kappa shape index (κ1) is 11.9. The molecule has 3 rings (SSSR count). The summed E-state index contributed by atoms with van der Waals surface area (Å²) in [6.07, 6.45) is 5.70. The number of nitrogens with zero attached hydrogens (tertiary/aromatic N) is 2. The lowest BCUT2D eigenvalue weighted by Crippen LogP contribution is -2.28. The second-order valence-corrected chi connectivity index (χ2v) is 5.59. The van der Waals surface area contributed by atoms with Gasteiger partial charge in [0.05, 0.1) is 0 Å². The molecular weight excluding hydrogens is 244 g/mol. The molecule has 1 atom stereocenters. The van der Waals surface area contributed by atoms with Gasteiger partial charge in [-0.1, -0.05) is 12.2 Å². The smallest absolute Gasteiger partial charge is 0.126 e. The molecule has 1 unspecified atom stereocenters. The molecule has 2 aliphatic rings. The number of pyridine rings is 1. The van der Waals surface area contributed by atoms with Gasteiger partial charge < -0.3 is 11.1 Å². The Balaban J connectivity index is 1.57. The van der Waals surface area contributed by atoms with E-state index >= 15 is 0 Å². The number of anilines is 1. The summed E-state index contributed by atoms with van der Waals surface area (Å²) in [5.41, 5.74) is 6.37. The highest BCUT2D eigenvalue weighted by molar-refractivity contribution is 7.80. The van der Waals surface area contributed by atoms with Crippen LogP contribution in [0.1, 0.15) is 24.8 Å². The van der Waals surface area contributed by atoms with Gasteiger partial charge in [0.15, 0.2) is 0 Å². The first-order valence-corrected chi connectivity index (χ1v) is 6.89. The van der Waals surface area contributed by atoms with Gasteiger partial charge in [-0.2, -0.15) is 0 Å². The van der Waals surface area contributed by atoms with Crippen molar-refractivity contribution in [1.82, 2.24) is 9.88 Å². The molecule has 0 spiro atoms. The molecule has 4 nitrogen and oxygen atoms in total. The Hall–Kier alpha value is -1.20. The molecule has 1 aromatic rings. The number of hydrogen-bond donors (Lipinski definition) is 2. The molecule has 96 valence electrons. The summed E-state index contributed by atoms with van der Waals surface area (Å²) in [7, 11) is 0. The zero-order valence-electron chi connectivity index (χ0n) is 10.3. The van der Waals surface area contributed by atoms with E-state index in [0.717, 1.165) is 24.0 Å². The van der Waals surface area contributed by atoms with E-state index in [4.69, 9.17) is 18.0 Å². The van der Waals surface area contributed by atoms with Gasteiger partial charge in [-0.3, -0.25) is 4.90 Å². The molecule has 0 amide bonds. The summed E-state index contributed by atoms with van der Waals surface area (Å²) in [5.74, 6) is 0.914. The maximum absolute atomic E-state index is 5.55. The van der Waals surface area contributed by atoms with E-state index in [2.05, 4.69) is 15.2 Å². The van der Waals surface area contributed by atoms with E-state index in [1.807, 2.05) is 12.1 Å². The summed E-state index contributed by atoms with van der Waals surface area (Å²) < 4.78 is 0. The quantitative estimate of drug-likeness (QED) is 0.803. The molecule has 5 heteroatoms. The number of nitrogens with one attached hydrogen (secondary N) is 1. The third kappa shape index (κ3) is 2.62. The summed E-state index contributed by atoms with van der Waals surface area (Å²) >= 11 is 4.91. The van der Waals surface area contributed by atoms with E-state index in [-0.39, 0.29) is 0 Å². The van der Waals surface area contributed by atoms with Crippen LogP contribution in [0.25, 0.3) is 0 Å². The Labute approximate surface area is 113 Å². The lowest BCUT2D eigenvalue weighted by Gasteiger charge is -2.16. The van der Waals surface area contributed by atoms with Gasteiger partial charge in [-0.15, -0.1) is 0 Å². The van der Waals surface area contributed by atoms with Crippen LogP contribution >= 0.6 is 12.2 Å². The Morgan fingerprint density at radius 2 is 2.22 bits per heavy atom. The fourth-order valence-electron chi connectivity index (χ4n) is 2.51. The molecule has 0 radical (unpaired) electrons. The summed E-state index contributed by atoms with van der Waals surface area (Å²) in [5, 5.41) is 3.48. The lowest BCUT2D eigenvalue weighted by atomic mass is 10.2. The van der Waals surface area contributed by atoms with Crippen LogP contribution in [-0.4, -0.2) is 40.0 Å². The third-order valence-corrected chi connectivity index (χ3v) is 3.92. The highest BCUT2D eigenvalue weighted by Crippen LogP contribution is 2.30. The molecule has 3 N–H and O–H groups in total. The Morgan fingerprint density at radius 3 is 2.83 bits per heavy atom. The molecule has 0 bridgehead atoms. The summed E-state index contributed by atoms with van der Waals surface area (Å²) in [4.78, 5) is 7.33. The van der Waals surface area contributed by atoms with Crippen molar-refractivity contribution in [2.75, 3.05) is 18.4 Å². The molecule has 1 aliphatic carbocycles. The van der Waals surface area contributed by atoms with E-state index in [1.165, 1.54) is 25.8 Å². The number of thiocarbonyl (C=S) groups is 1. The predicted octanol–water partition coefficient (Wildman–Crippen LogP) is 1.36. The first-order valence-electron chi connectivity index (χ1n) is 6.49. The van der Waals surface area contributed by atoms with Crippen LogP contribution in [0, 0.1) is 0 Å². The molecule has 1 aromatic heterocycles. The highest BCUT2D eigenvalue weighted by atomic mass is 32.1. The van der Waals surface area contributed by atoms with Gasteiger partial charge in [-0.05, 0) is 31.4 Å². The van der Waals surface area contributed by atoms with Crippen molar-refractivity contribution in [3.8, 4) is 0 Å². The van der Waals surface area contributed by atoms with E-state index in [0.29, 0.717) is 11.0 Å². The fraction of sp³-hybridized carbons (Fsp3) is 0.538. The maximum Gasteiger partial charge on any atom is 0.126 e. The molecule has 2 heterocycles. The van der Waals surface area contributed by atoms with Gasteiger partial charge in [0.2, 0.25) is 0 Å². The number of nitrogens with two attached hydrogens (primary N) is 1. The molecule has 0 aromatic carbocycles. The Morgan fingerprint density at radius 1 is 1.39 bits per heavy atom. The van der Waals surface area contributed by atoms with Gasteiger partial charge in [0, 0.05) is 36.9 Å². The molecule has 18 heavy (non-hydrogen) atoms. The van der Waals surface area contributed by atoms with Gasteiger partial charge in [-0.25, -0.2) is 4.98 Å². The van der Waals surface area contributed by atoms with Crippen molar-refractivity contribution < 1.29 is 0 Å². The molecule has 1 aliphatic heterocycles. The minimum absolute atomic E-state index is 0.398. The topological polar surface area (TPSA) is 54.2 Å². The second-order valence-electron chi connectivity index (χ2n) is 5.15. The van der Waals surface area contributed by atoms with E-state index in [1.54, 1.807) is 6.20 Å². The Bertz CT molecular complexity index is 441. The average molecular weight is 262 g/mol. The van der Waals surface area contributed by atoms with Crippen molar-refractivity contribution in [2.45, 2.75) is 31.3 Å². The Kier molecular flexibility index (Phi) is 3.18. The summed E-state index contributed by atoms with van der Waals surface area (Å²) in [6, 6.07) is 5.26. The number of hydrogen-bond acceptors (Lipinski definition) is 4. The zero-order valence-corrected chi connectivity index (χ0v) is 11.1. The second kappa shape index (κ2) is 4.82. The van der Waals surface area contributed by atoms with Crippen molar-refractivity contribution in [1.29, 1.82) is 0 Å². The van der Waals surface area contributed by atoms with Gasteiger partial charge in [0.25, 0.3) is 0 Å². The van der Waals surface area contributed by atoms with Crippen LogP contribution in [0.3, 0.4) is 0 Å². The fourth-order valence-corrected chi connectivity index (χ4v) is 2.63. The average Bonchev–Trinajstić information content (AvgIpc) is 3.11. The minimum atomic E-state index is 0.398. The first-order chi connectivity index (χ1) is 8.72. The number of rotatable bonds is 4. The monoisotopic (exact) mass is 262 g/mol. The lowest BCUT2D eigenvalue weighted by molar-refractivity contribution is 0.326. The van der Waals surface area contributed by atoms with Crippen molar-refractivity contribution in [3.05, 3.63) is 23.9 Å².